The number of nitrogens with two attached hydrogens (primary N) is 1. The zero-order chi connectivity index (χ0) is 9.19. The monoisotopic (exact) mass is 203 g/mol. The van der Waals surface area contributed by atoms with Crippen LogP contribution in [0, 0.1) is 0 Å². The lowest BCUT2D eigenvalue weighted by atomic mass is 10.3. The Labute approximate surface area is 76.5 Å². The Morgan fingerprint density at radius 3 is 2.50 bits per heavy atom. The van der Waals surface area contributed by atoms with E-state index in [4.69, 9.17) is 10.2 Å². The lowest BCUT2D eigenvalue weighted by Gasteiger charge is -2.09. The van der Waals surface area contributed by atoms with Crippen LogP contribution in [0.1, 0.15) is 0 Å². The summed E-state index contributed by atoms with van der Waals surface area (Å²) in [7, 11) is 1.50. The van der Waals surface area contributed by atoms with Crippen LogP contribution in [0.25, 0.3) is 0 Å². The highest BCUT2D eigenvalue weighted by atomic mass is 32.7. The van der Waals surface area contributed by atoms with Crippen molar-refractivity contribution in [1.29, 1.82) is 0 Å². The third kappa shape index (κ3) is 2.03. The zero-order valence-electron chi connectivity index (χ0n) is 6.60. The lowest BCUT2D eigenvalue weighted by molar-refractivity contribution is 0.418. The van der Waals surface area contributed by atoms with Crippen LogP contribution in [-0.4, -0.2) is 7.11 Å². The SMILES string of the molecule is COc1ccccc1P(N)(=O)S. The van der Waals surface area contributed by atoms with Crippen molar-refractivity contribution in [2.75, 3.05) is 7.11 Å². The minimum Gasteiger partial charge on any atom is -0.496 e. The van der Waals surface area contributed by atoms with Gasteiger partial charge < -0.3 is 4.74 Å². The molecule has 0 radical (unpaired) electrons. The molecular formula is C7H10NO2PS. The number of hydrogen-bond donors (Lipinski definition) is 2. The first-order chi connectivity index (χ1) is 5.55. The van der Waals surface area contributed by atoms with Crippen molar-refractivity contribution in [2.24, 2.45) is 5.50 Å². The molecule has 2 N–H and O–H groups in total. The zero-order valence-corrected chi connectivity index (χ0v) is 8.39. The molecule has 0 heterocycles. The molecule has 0 spiro atoms. The van der Waals surface area contributed by atoms with Gasteiger partial charge in [0.25, 0.3) is 0 Å². The second-order valence-electron chi connectivity index (χ2n) is 2.29. The first-order valence-electron chi connectivity index (χ1n) is 3.30. The van der Waals surface area contributed by atoms with E-state index in [2.05, 4.69) is 12.2 Å². The summed E-state index contributed by atoms with van der Waals surface area (Å²) in [6, 6.07) is 6.87. The van der Waals surface area contributed by atoms with Crippen LogP contribution in [0.4, 0.5) is 0 Å². The molecule has 0 aliphatic rings. The Kier molecular flexibility index (Phi) is 2.83. The van der Waals surface area contributed by atoms with Gasteiger partial charge in [-0.15, -0.1) is 0 Å². The molecule has 0 aliphatic carbocycles. The van der Waals surface area contributed by atoms with Crippen LogP contribution in [0.2, 0.25) is 0 Å². The Morgan fingerprint density at radius 1 is 1.50 bits per heavy atom. The minimum atomic E-state index is -3.00. The number of rotatable bonds is 2. The van der Waals surface area contributed by atoms with E-state index in [0.717, 1.165) is 0 Å². The molecule has 0 saturated heterocycles. The highest BCUT2D eigenvalue weighted by Crippen LogP contribution is 2.42. The van der Waals surface area contributed by atoms with Crippen molar-refractivity contribution in [2.45, 2.75) is 0 Å². The van der Waals surface area contributed by atoms with E-state index in [1.165, 1.54) is 7.11 Å². The molecule has 1 unspecified atom stereocenters. The summed E-state index contributed by atoms with van der Waals surface area (Å²) < 4.78 is 16.3. The van der Waals surface area contributed by atoms with E-state index in [1.807, 2.05) is 0 Å². The van der Waals surface area contributed by atoms with Crippen molar-refractivity contribution in [3.63, 3.8) is 0 Å². The first kappa shape index (κ1) is 9.65. The summed E-state index contributed by atoms with van der Waals surface area (Å²) in [5, 5.41) is 0.454. The predicted octanol–water partition coefficient (Wildman–Crippen LogP) is 1.40. The van der Waals surface area contributed by atoms with Gasteiger partial charge in [0.1, 0.15) is 5.75 Å². The normalized spacial score (nSPS) is 15.2. The van der Waals surface area contributed by atoms with Gasteiger partial charge in [0.2, 0.25) is 6.49 Å². The molecule has 1 aromatic carbocycles. The third-order valence-corrected chi connectivity index (χ3v) is 3.14. The molecule has 5 heteroatoms. The predicted molar refractivity (Wildman–Crippen MR) is 53.4 cm³/mol. The molecule has 1 aromatic rings. The van der Waals surface area contributed by atoms with Crippen molar-refractivity contribution >= 4 is 24.0 Å². The van der Waals surface area contributed by atoms with E-state index in [9.17, 15) is 4.57 Å². The first-order valence-corrected chi connectivity index (χ1v) is 6.23. The van der Waals surface area contributed by atoms with Crippen molar-refractivity contribution in [3.8, 4) is 5.75 Å². The molecule has 1 atom stereocenters. The second kappa shape index (κ2) is 3.52. The number of methoxy groups -OCH3 is 1. The van der Waals surface area contributed by atoms with Gasteiger partial charge in [-0.25, -0.2) is 0 Å². The van der Waals surface area contributed by atoms with Gasteiger partial charge in [0.15, 0.2) is 0 Å². The highest BCUT2D eigenvalue weighted by Gasteiger charge is 2.17. The molecule has 0 amide bonds. The largest absolute Gasteiger partial charge is 0.496 e. The summed E-state index contributed by atoms with van der Waals surface area (Å²) in [5.74, 6) is 0.512. The number of hydrogen-bond acceptors (Lipinski definition) is 2. The van der Waals surface area contributed by atoms with Gasteiger partial charge in [-0.2, -0.15) is 0 Å². The molecule has 3 nitrogen and oxygen atoms in total. The van der Waals surface area contributed by atoms with E-state index in [1.54, 1.807) is 24.3 Å². The van der Waals surface area contributed by atoms with Gasteiger partial charge in [0, 0.05) is 0 Å². The van der Waals surface area contributed by atoms with E-state index < -0.39 is 6.49 Å². The smallest absolute Gasteiger partial charge is 0.227 e. The van der Waals surface area contributed by atoms with Crippen LogP contribution in [0.15, 0.2) is 24.3 Å². The Balaban J connectivity index is 3.23. The molecular weight excluding hydrogens is 193 g/mol. The minimum absolute atomic E-state index is 0.454. The van der Waals surface area contributed by atoms with Gasteiger partial charge in [-0.3, -0.25) is 10.1 Å². The molecule has 0 aromatic heterocycles. The molecule has 1 rings (SSSR count). The van der Waals surface area contributed by atoms with Crippen molar-refractivity contribution < 1.29 is 9.30 Å². The Hall–Kier alpha value is -0.440. The maximum absolute atomic E-state index is 11.4. The average molecular weight is 203 g/mol. The Morgan fingerprint density at radius 2 is 2.08 bits per heavy atom. The average Bonchev–Trinajstić information content (AvgIpc) is 2.03. The maximum atomic E-state index is 11.4. The molecule has 0 bridgehead atoms. The summed E-state index contributed by atoms with van der Waals surface area (Å²) >= 11 is 3.82. The van der Waals surface area contributed by atoms with Crippen LogP contribution < -0.4 is 15.5 Å². The lowest BCUT2D eigenvalue weighted by Crippen LogP contribution is -2.10. The number of ether oxygens (including phenoxy) is 1. The summed E-state index contributed by atoms with van der Waals surface area (Å²) in [6.45, 7) is -3.00. The maximum Gasteiger partial charge on any atom is 0.227 e. The molecule has 0 fully saturated rings. The quantitative estimate of drug-likeness (QED) is 0.564. The Bertz CT molecular complexity index is 323. The molecule has 0 saturated carbocycles. The topological polar surface area (TPSA) is 52.3 Å². The molecule has 12 heavy (non-hydrogen) atoms. The second-order valence-corrected chi connectivity index (χ2v) is 5.81. The van der Waals surface area contributed by atoms with Crippen LogP contribution in [-0.2, 0) is 4.57 Å². The fraction of sp³-hybridized carbons (Fsp3) is 0.143. The van der Waals surface area contributed by atoms with Crippen LogP contribution in [0.5, 0.6) is 5.75 Å². The molecule has 0 aliphatic heterocycles. The summed E-state index contributed by atoms with van der Waals surface area (Å²) in [4.78, 5) is 0. The van der Waals surface area contributed by atoms with E-state index in [-0.39, 0.29) is 0 Å². The highest BCUT2D eigenvalue weighted by molar-refractivity contribution is 8.49. The van der Waals surface area contributed by atoms with Gasteiger partial charge in [0.05, 0.1) is 12.4 Å². The van der Waals surface area contributed by atoms with Crippen molar-refractivity contribution in [1.82, 2.24) is 0 Å². The fourth-order valence-electron chi connectivity index (χ4n) is 0.894. The molecule has 66 valence electrons. The number of thiol groups is 1. The standard InChI is InChI=1S/C7H10NO2PS/c1-10-6-4-2-3-5-7(6)11(8,9)12/h2-5H,1H3,(H3,8,9,12). The van der Waals surface area contributed by atoms with E-state index >= 15 is 0 Å². The van der Waals surface area contributed by atoms with Crippen LogP contribution in [0.3, 0.4) is 0 Å². The number of benzene rings is 1. The van der Waals surface area contributed by atoms with Crippen molar-refractivity contribution in [3.05, 3.63) is 24.3 Å². The number of para-hydroxylation sites is 1. The van der Waals surface area contributed by atoms with Gasteiger partial charge >= 0.3 is 0 Å². The summed E-state index contributed by atoms with van der Waals surface area (Å²) in [5.41, 5.74) is 5.37. The van der Waals surface area contributed by atoms with Gasteiger partial charge in [-0.1, -0.05) is 24.4 Å². The third-order valence-electron chi connectivity index (χ3n) is 1.43. The fourth-order valence-corrected chi connectivity index (χ4v) is 2.17. The van der Waals surface area contributed by atoms with E-state index in [0.29, 0.717) is 11.1 Å². The van der Waals surface area contributed by atoms with Crippen LogP contribution >= 0.6 is 18.7 Å². The summed E-state index contributed by atoms with van der Waals surface area (Å²) in [6.07, 6.45) is 0. The van der Waals surface area contributed by atoms with Gasteiger partial charge in [-0.05, 0) is 12.1 Å².